The van der Waals surface area contributed by atoms with E-state index >= 15 is 0 Å². The molecule has 0 radical (unpaired) electrons. The van der Waals surface area contributed by atoms with Crippen molar-refractivity contribution in [3.8, 4) is 0 Å². The lowest BCUT2D eigenvalue weighted by molar-refractivity contribution is -0.137. The molecule has 1 rings (SSSR count). The van der Waals surface area contributed by atoms with Crippen LogP contribution in [0.2, 0.25) is 5.02 Å². The topological polar surface area (TPSA) is 82.2 Å². The predicted octanol–water partition coefficient (Wildman–Crippen LogP) is 2.43. The first-order chi connectivity index (χ1) is 8.59. The normalized spacial score (nSPS) is 10.3. The Bertz CT molecular complexity index is 404. The Labute approximate surface area is 111 Å². The van der Waals surface area contributed by atoms with E-state index in [1.54, 1.807) is 12.3 Å². The molecule has 0 atom stereocenters. The summed E-state index contributed by atoms with van der Waals surface area (Å²) in [5, 5.41) is 11.7. The van der Waals surface area contributed by atoms with E-state index in [-0.39, 0.29) is 12.3 Å². The van der Waals surface area contributed by atoms with Gasteiger partial charge in [-0.2, -0.15) is 0 Å². The van der Waals surface area contributed by atoms with Gasteiger partial charge in [0.05, 0.1) is 5.02 Å². The first-order valence-electron chi connectivity index (χ1n) is 5.93. The number of amides is 1. The maximum atomic E-state index is 11.6. The second-order valence-corrected chi connectivity index (χ2v) is 4.48. The van der Waals surface area contributed by atoms with Crippen molar-refractivity contribution in [2.75, 3.05) is 6.54 Å². The van der Waals surface area contributed by atoms with Crippen LogP contribution < -0.4 is 5.32 Å². The Morgan fingerprint density at radius 3 is 2.61 bits per heavy atom. The van der Waals surface area contributed by atoms with Crippen LogP contribution in [0, 0.1) is 0 Å². The number of rotatable bonds is 8. The SMILES string of the molecule is O=C(O)CCCCCCNC(=O)c1cc(Cl)c[nH]1. The molecule has 0 aliphatic heterocycles. The monoisotopic (exact) mass is 272 g/mol. The second-order valence-electron chi connectivity index (χ2n) is 4.05. The Kier molecular flexibility index (Phi) is 6.28. The maximum Gasteiger partial charge on any atom is 0.303 e. The molecule has 18 heavy (non-hydrogen) atoms. The third kappa shape index (κ3) is 5.72. The molecule has 3 N–H and O–H groups in total. The Hall–Kier alpha value is -1.49. The number of aromatic nitrogens is 1. The van der Waals surface area contributed by atoms with Gasteiger partial charge in [-0.25, -0.2) is 0 Å². The predicted molar refractivity (Wildman–Crippen MR) is 68.9 cm³/mol. The van der Waals surface area contributed by atoms with E-state index < -0.39 is 5.97 Å². The van der Waals surface area contributed by atoms with Crippen molar-refractivity contribution in [2.24, 2.45) is 0 Å². The molecule has 5 nitrogen and oxygen atoms in total. The van der Waals surface area contributed by atoms with Crippen molar-refractivity contribution in [3.63, 3.8) is 0 Å². The fourth-order valence-electron chi connectivity index (χ4n) is 1.55. The van der Waals surface area contributed by atoms with E-state index in [9.17, 15) is 9.59 Å². The summed E-state index contributed by atoms with van der Waals surface area (Å²) in [5.74, 6) is -0.931. The lowest BCUT2D eigenvalue weighted by Crippen LogP contribution is -2.24. The number of H-pyrrole nitrogens is 1. The van der Waals surface area contributed by atoms with Gasteiger partial charge < -0.3 is 15.4 Å². The van der Waals surface area contributed by atoms with Crippen LogP contribution in [0.25, 0.3) is 0 Å². The summed E-state index contributed by atoms with van der Waals surface area (Å²) < 4.78 is 0. The number of hydrogen-bond acceptors (Lipinski definition) is 2. The molecule has 0 saturated carbocycles. The molecular weight excluding hydrogens is 256 g/mol. The van der Waals surface area contributed by atoms with Crippen molar-refractivity contribution >= 4 is 23.5 Å². The third-order valence-electron chi connectivity index (χ3n) is 2.50. The van der Waals surface area contributed by atoms with Crippen LogP contribution in [0.1, 0.15) is 42.6 Å². The average Bonchev–Trinajstić information content (AvgIpc) is 2.74. The Morgan fingerprint density at radius 1 is 1.28 bits per heavy atom. The summed E-state index contributed by atoms with van der Waals surface area (Å²) in [6.07, 6.45) is 5.10. The zero-order chi connectivity index (χ0) is 13.4. The third-order valence-corrected chi connectivity index (χ3v) is 2.71. The van der Waals surface area contributed by atoms with Crippen molar-refractivity contribution in [1.82, 2.24) is 10.3 Å². The lowest BCUT2D eigenvalue weighted by Gasteiger charge is -2.03. The molecule has 1 amide bonds. The number of nitrogens with one attached hydrogen (secondary N) is 2. The molecule has 0 aromatic carbocycles. The van der Waals surface area contributed by atoms with Gasteiger partial charge in [-0.3, -0.25) is 9.59 Å². The highest BCUT2D eigenvalue weighted by molar-refractivity contribution is 6.30. The minimum Gasteiger partial charge on any atom is -0.481 e. The van der Waals surface area contributed by atoms with Crippen LogP contribution in [-0.2, 0) is 4.79 Å². The second kappa shape index (κ2) is 7.76. The molecule has 0 fully saturated rings. The molecule has 6 heteroatoms. The van der Waals surface area contributed by atoms with Gasteiger partial charge in [-0.1, -0.05) is 24.4 Å². The lowest BCUT2D eigenvalue weighted by atomic mass is 10.1. The van der Waals surface area contributed by atoms with E-state index in [0.29, 0.717) is 23.7 Å². The van der Waals surface area contributed by atoms with Gasteiger partial charge in [-0.15, -0.1) is 0 Å². The molecule has 1 aromatic rings. The molecule has 0 aliphatic rings. The summed E-state index contributed by atoms with van der Waals surface area (Å²) in [7, 11) is 0. The molecule has 0 unspecified atom stereocenters. The summed E-state index contributed by atoms with van der Waals surface area (Å²) in [5.41, 5.74) is 0.450. The molecule has 0 spiro atoms. The minimum absolute atomic E-state index is 0.174. The molecule has 0 saturated heterocycles. The molecule has 100 valence electrons. The van der Waals surface area contributed by atoms with Crippen LogP contribution in [0.5, 0.6) is 0 Å². The highest BCUT2D eigenvalue weighted by Crippen LogP contribution is 2.09. The number of carboxylic acids is 1. The van der Waals surface area contributed by atoms with Crippen LogP contribution >= 0.6 is 11.6 Å². The van der Waals surface area contributed by atoms with Gasteiger partial charge in [0.2, 0.25) is 0 Å². The number of aromatic amines is 1. The zero-order valence-electron chi connectivity index (χ0n) is 10.0. The first-order valence-corrected chi connectivity index (χ1v) is 6.31. The van der Waals surface area contributed by atoms with E-state index in [4.69, 9.17) is 16.7 Å². The van der Waals surface area contributed by atoms with Gasteiger partial charge in [0, 0.05) is 19.2 Å². The van der Waals surface area contributed by atoms with E-state index in [2.05, 4.69) is 10.3 Å². The maximum absolute atomic E-state index is 11.6. The largest absolute Gasteiger partial charge is 0.481 e. The zero-order valence-corrected chi connectivity index (χ0v) is 10.8. The van der Waals surface area contributed by atoms with Crippen LogP contribution in [0.4, 0.5) is 0 Å². The van der Waals surface area contributed by atoms with E-state index in [1.165, 1.54) is 0 Å². The highest BCUT2D eigenvalue weighted by Gasteiger charge is 2.06. The number of carbonyl (C=O) groups excluding carboxylic acids is 1. The number of unbranched alkanes of at least 4 members (excludes halogenated alkanes) is 3. The van der Waals surface area contributed by atoms with Crippen molar-refractivity contribution < 1.29 is 14.7 Å². The van der Waals surface area contributed by atoms with Crippen molar-refractivity contribution in [1.29, 1.82) is 0 Å². The number of aliphatic carboxylic acids is 1. The first kappa shape index (κ1) is 14.6. The number of carbonyl (C=O) groups is 2. The smallest absolute Gasteiger partial charge is 0.303 e. The quantitative estimate of drug-likeness (QED) is 0.636. The fourth-order valence-corrected chi connectivity index (χ4v) is 1.71. The van der Waals surface area contributed by atoms with Gasteiger partial charge >= 0.3 is 5.97 Å². The van der Waals surface area contributed by atoms with Crippen molar-refractivity contribution in [3.05, 3.63) is 23.0 Å². The van der Waals surface area contributed by atoms with E-state index in [1.807, 2.05) is 0 Å². The highest BCUT2D eigenvalue weighted by atomic mass is 35.5. The summed E-state index contributed by atoms with van der Waals surface area (Å²) in [6.45, 7) is 0.586. The van der Waals surface area contributed by atoms with Gasteiger partial charge in [-0.05, 0) is 18.9 Å². The van der Waals surface area contributed by atoms with E-state index in [0.717, 1.165) is 19.3 Å². The number of halogens is 1. The fraction of sp³-hybridized carbons (Fsp3) is 0.500. The Balaban J connectivity index is 2.04. The van der Waals surface area contributed by atoms with Crippen LogP contribution in [0.15, 0.2) is 12.3 Å². The standard InChI is InChI=1S/C12H17ClN2O3/c13-9-7-10(15-8-9)12(18)14-6-4-2-1-3-5-11(16)17/h7-8,15H,1-6H2,(H,14,18)(H,16,17). The van der Waals surface area contributed by atoms with Crippen LogP contribution in [0.3, 0.4) is 0 Å². The minimum atomic E-state index is -0.757. The van der Waals surface area contributed by atoms with Gasteiger partial charge in [0.1, 0.15) is 5.69 Å². The average molecular weight is 273 g/mol. The van der Waals surface area contributed by atoms with Gasteiger partial charge in [0.25, 0.3) is 5.91 Å². The molecule has 1 aromatic heterocycles. The molecule has 0 bridgehead atoms. The summed E-state index contributed by atoms with van der Waals surface area (Å²) in [6, 6.07) is 1.57. The molecule has 0 aliphatic carbocycles. The molecular formula is C12H17ClN2O3. The summed E-state index contributed by atoms with van der Waals surface area (Å²) in [4.78, 5) is 24.6. The molecule has 1 heterocycles. The van der Waals surface area contributed by atoms with Crippen molar-refractivity contribution in [2.45, 2.75) is 32.1 Å². The number of carboxylic acid groups (broad SMARTS) is 1. The number of hydrogen-bond donors (Lipinski definition) is 3. The van der Waals surface area contributed by atoms with Gasteiger partial charge in [0.15, 0.2) is 0 Å². The Morgan fingerprint density at radius 2 is 2.00 bits per heavy atom. The summed E-state index contributed by atoms with van der Waals surface area (Å²) >= 11 is 5.69. The van der Waals surface area contributed by atoms with Crippen LogP contribution in [-0.4, -0.2) is 28.5 Å².